The standard InChI is InChI=1S/C9H10ClN5O/c1-11-9-13-5-7(10)8(15-9)12-4-6-2-3-14-16-6/h2-3,5H,4H2,1H3,(H2,11,12,13,15). The highest BCUT2D eigenvalue weighted by Crippen LogP contribution is 2.19. The van der Waals surface area contributed by atoms with Crippen molar-refractivity contribution in [2.24, 2.45) is 0 Å². The first-order chi connectivity index (χ1) is 7.79. The number of anilines is 2. The zero-order valence-corrected chi connectivity index (χ0v) is 9.32. The van der Waals surface area contributed by atoms with Crippen LogP contribution in [0.15, 0.2) is 23.0 Å². The summed E-state index contributed by atoms with van der Waals surface area (Å²) in [6.07, 6.45) is 3.11. The Morgan fingerprint density at radius 1 is 1.50 bits per heavy atom. The van der Waals surface area contributed by atoms with Gasteiger partial charge in [0.2, 0.25) is 5.95 Å². The van der Waals surface area contributed by atoms with E-state index in [-0.39, 0.29) is 0 Å². The summed E-state index contributed by atoms with van der Waals surface area (Å²) in [5.74, 6) is 1.77. The van der Waals surface area contributed by atoms with Crippen LogP contribution in [-0.2, 0) is 6.54 Å². The van der Waals surface area contributed by atoms with E-state index in [0.717, 1.165) is 0 Å². The van der Waals surface area contributed by atoms with Crippen molar-refractivity contribution in [3.63, 3.8) is 0 Å². The topological polar surface area (TPSA) is 75.9 Å². The minimum atomic E-state index is 0.457. The van der Waals surface area contributed by atoms with Crippen LogP contribution < -0.4 is 10.6 Å². The highest BCUT2D eigenvalue weighted by Gasteiger charge is 2.05. The highest BCUT2D eigenvalue weighted by molar-refractivity contribution is 6.32. The quantitative estimate of drug-likeness (QED) is 0.847. The van der Waals surface area contributed by atoms with Crippen molar-refractivity contribution in [2.45, 2.75) is 6.54 Å². The van der Waals surface area contributed by atoms with Crippen molar-refractivity contribution in [1.82, 2.24) is 15.1 Å². The lowest BCUT2D eigenvalue weighted by atomic mass is 10.4. The molecule has 0 saturated heterocycles. The minimum absolute atomic E-state index is 0.457. The van der Waals surface area contributed by atoms with Crippen LogP contribution in [0.25, 0.3) is 0 Å². The van der Waals surface area contributed by atoms with Crippen LogP contribution in [0.3, 0.4) is 0 Å². The van der Waals surface area contributed by atoms with E-state index in [0.29, 0.717) is 29.1 Å². The molecule has 0 bridgehead atoms. The average Bonchev–Trinajstić information content (AvgIpc) is 2.81. The number of halogens is 1. The van der Waals surface area contributed by atoms with Gasteiger partial charge in [-0.15, -0.1) is 0 Å². The Morgan fingerprint density at radius 2 is 2.38 bits per heavy atom. The summed E-state index contributed by atoms with van der Waals surface area (Å²) in [6.45, 7) is 0.472. The number of nitrogens with one attached hydrogen (secondary N) is 2. The summed E-state index contributed by atoms with van der Waals surface area (Å²) >= 11 is 5.93. The predicted octanol–water partition coefficient (Wildman–Crippen LogP) is 1.77. The number of aromatic nitrogens is 3. The van der Waals surface area contributed by atoms with E-state index in [1.165, 1.54) is 6.20 Å². The Morgan fingerprint density at radius 3 is 3.06 bits per heavy atom. The summed E-state index contributed by atoms with van der Waals surface area (Å²) in [5.41, 5.74) is 0. The second-order valence-electron chi connectivity index (χ2n) is 2.97. The summed E-state index contributed by atoms with van der Waals surface area (Å²) < 4.78 is 4.94. The molecule has 0 spiro atoms. The fourth-order valence-electron chi connectivity index (χ4n) is 1.12. The summed E-state index contributed by atoms with van der Waals surface area (Å²) in [5, 5.41) is 9.92. The highest BCUT2D eigenvalue weighted by atomic mass is 35.5. The number of nitrogens with zero attached hydrogens (tertiary/aromatic N) is 3. The van der Waals surface area contributed by atoms with Gasteiger partial charge in [-0.3, -0.25) is 0 Å². The van der Waals surface area contributed by atoms with E-state index in [1.54, 1.807) is 19.3 Å². The van der Waals surface area contributed by atoms with Crippen molar-refractivity contribution in [3.8, 4) is 0 Å². The van der Waals surface area contributed by atoms with Gasteiger partial charge in [-0.2, -0.15) is 4.98 Å². The van der Waals surface area contributed by atoms with Gasteiger partial charge >= 0.3 is 0 Å². The Labute approximate surface area is 97.0 Å². The number of hydrogen-bond donors (Lipinski definition) is 2. The van der Waals surface area contributed by atoms with E-state index in [1.807, 2.05) is 0 Å². The number of hydrogen-bond acceptors (Lipinski definition) is 6. The second-order valence-corrected chi connectivity index (χ2v) is 3.38. The zero-order chi connectivity index (χ0) is 11.4. The molecule has 0 aromatic carbocycles. The van der Waals surface area contributed by atoms with Crippen molar-refractivity contribution in [1.29, 1.82) is 0 Å². The molecule has 0 unspecified atom stereocenters. The third-order valence-corrected chi connectivity index (χ3v) is 2.17. The van der Waals surface area contributed by atoms with Crippen LogP contribution in [0.4, 0.5) is 11.8 Å². The molecule has 0 fully saturated rings. The Bertz CT molecular complexity index is 459. The van der Waals surface area contributed by atoms with Gasteiger partial charge in [-0.25, -0.2) is 4.98 Å². The van der Waals surface area contributed by atoms with Crippen molar-refractivity contribution in [2.75, 3.05) is 17.7 Å². The van der Waals surface area contributed by atoms with Crippen molar-refractivity contribution < 1.29 is 4.52 Å². The summed E-state index contributed by atoms with van der Waals surface area (Å²) in [7, 11) is 1.74. The van der Waals surface area contributed by atoms with Gasteiger partial charge in [-0.05, 0) is 0 Å². The molecule has 16 heavy (non-hydrogen) atoms. The van der Waals surface area contributed by atoms with Gasteiger partial charge in [-0.1, -0.05) is 16.8 Å². The molecule has 0 amide bonds. The summed E-state index contributed by atoms with van der Waals surface area (Å²) in [6, 6.07) is 1.76. The summed E-state index contributed by atoms with van der Waals surface area (Å²) in [4.78, 5) is 8.14. The first kappa shape index (κ1) is 10.7. The van der Waals surface area contributed by atoms with Crippen molar-refractivity contribution >= 4 is 23.4 Å². The third-order valence-electron chi connectivity index (χ3n) is 1.89. The minimum Gasteiger partial charge on any atom is -0.361 e. The van der Waals surface area contributed by atoms with E-state index in [9.17, 15) is 0 Å². The molecule has 0 aliphatic rings. The largest absolute Gasteiger partial charge is 0.361 e. The lowest BCUT2D eigenvalue weighted by molar-refractivity contribution is 0.388. The maximum Gasteiger partial charge on any atom is 0.224 e. The van der Waals surface area contributed by atoms with Crippen LogP contribution in [0.5, 0.6) is 0 Å². The molecule has 0 radical (unpaired) electrons. The first-order valence-corrected chi connectivity index (χ1v) is 5.01. The van der Waals surface area contributed by atoms with E-state index in [4.69, 9.17) is 16.1 Å². The van der Waals surface area contributed by atoms with Crippen LogP contribution in [0.2, 0.25) is 5.02 Å². The fraction of sp³-hybridized carbons (Fsp3) is 0.222. The van der Waals surface area contributed by atoms with Gasteiger partial charge in [0.15, 0.2) is 11.6 Å². The smallest absolute Gasteiger partial charge is 0.224 e. The Balaban J connectivity index is 2.08. The van der Waals surface area contributed by atoms with Gasteiger partial charge in [0.05, 0.1) is 18.9 Å². The monoisotopic (exact) mass is 239 g/mol. The van der Waals surface area contributed by atoms with Gasteiger partial charge in [0.1, 0.15) is 5.02 Å². The van der Waals surface area contributed by atoms with Crippen molar-refractivity contribution in [3.05, 3.63) is 29.2 Å². The molecule has 0 saturated carbocycles. The average molecular weight is 240 g/mol. The van der Waals surface area contributed by atoms with E-state index >= 15 is 0 Å². The lowest BCUT2D eigenvalue weighted by Gasteiger charge is -2.06. The fourth-order valence-corrected chi connectivity index (χ4v) is 1.27. The lowest BCUT2D eigenvalue weighted by Crippen LogP contribution is -2.04. The van der Waals surface area contributed by atoms with Crippen LogP contribution in [0.1, 0.15) is 5.76 Å². The predicted molar refractivity (Wildman–Crippen MR) is 60.4 cm³/mol. The maximum absolute atomic E-state index is 5.93. The molecule has 7 heteroatoms. The van der Waals surface area contributed by atoms with Crippen LogP contribution in [-0.4, -0.2) is 22.2 Å². The first-order valence-electron chi connectivity index (χ1n) is 4.63. The molecule has 0 aliphatic carbocycles. The maximum atomic E-state index is 5.93. The molecular formula is C9H10ClN5O. The van der Waals surface area contributed by atoms with E-state index < -0.39 is 0 Å². The molecule has 0 atom stereocenters. The molecule has 0 aliphatic heterocycles. The van der Waals surface area contributed by atoms with Gasteiger partial charge < -0.3 is 15.2 Å². The molecule has 2 rings (SSSR count). The zero-order valence-electron chi connectivity index (χ0n) is 8.57. The molecule has 6 nitrogen and oxygen atoms in total. The Kier molecular flexibility index (Phi) is 3.21. The van der Waals surface area contributed by atoms with Crippen LogP contribution in [0, 0.1) is 0 Å². The van der Waals surface area contributed by atoms with Gasteiger partial charge in [0.25, 0.3) is 0 Å². The normalized spacial score (nSPS) is 10.1. The second kappa shape index (κ2) is 4.80. The molecule has 84 valence electrons. The number of rotatable bonds is 4. The SMILES string of the molecule is CNc1ncc(Cl)c(NCc2ccno2)n1. The van der Waals surface area contributed by atoms with Gasteiger partial charge in [0, 0.05) is 13.1 Å². The molecule has 2 N–H and O–H groups in total. The molecule has 2 aromatic rings. The van der Waals surface area contributed by atoms with Crippen LogP contribution >= 0.6 is 11.6 Å². The third kappa shape index (κ3) is 2.40. The van der Waals surface area contributed by atoms with E-state index in [2.05, 4.69) is 25.8 Å². The molecule has 2 heterocycles. The molecule has 2 aromatic heterocycles. The molecular weight excluding hydrogens is 230 g/mol. The Hall–Kier alpha value is -1.82.